The smallest absolute Gasteiger partial charge is 0.283 e. The number of amidine groups is 1. The molecule has 1 fully saturated rings. The minimum absolute atomic E-state index is 0.0184. The first-order valence-electron chi connectivity index (χ1n) is 10.3. The van der Waals surface area contributed by atoms with Crippen LogP contribution in [0.3, 0.4) is 0 Å². The van der Waals surface area contributed by atoms with Crippen LogP contribution in [0.25, 0.3) is 6.08 Å². The molecule has 0 N–H and O–H groups in total. The number of amides is 2. The van der Waals surface area contributed by atoms with Crippen LogP contribution in [0.15, 0.2) is 65.3 Å². The van der Waals surface area contributed by atoms with Gasteiger partial charge in [-0.1, -0.05) is 42.1 Å². The van der Waals surface area contributed by atoms with Crippen molar-refractivity contribution in [2.45, 2.75) is 12.5 Å². The Bertz CT molecular complexity index is 1230. The highest BCUT2D eigenvalue weighted by molar-refractivity contribution is 8.14. The standard InChI is InChI=1S/C23H22FN3O4S2/c1-26(19-11-12-33(30,31)15-19)21(28)14-32-23-25-20(13-16-5-3-2-4-6-16)22(29)27(23)18-9-7-17(24)8-10-18/h2-10,13,19H,11-12,14-15H2,1H3/b20-13-/t19-/m0/s1. The second kappa shape index (κ2) is 9.48. The SMILES string of the molecule is CN(C(=O)CSC1=N/C(=C\c2ccccc2)C(=O)N1c1ccc(F)cc1)[C@H]1CCS(=O)(=O)C1. The second-order valence-corrected chi connectivity index (χ2v) is 11.0. The quantitative estimate of drug-likeness (QED) is 0.606. The molecule has 0 spiro atoms. The van der Waals surface area contributed by atoms with Gasteiger partial charge >= 0.3 is 0 Å². The van der Waals surface area contributed by atoms with Crippen molar-refractivity contribution in [2.75, 3.05) is 29.2 Å². The molecule has 0 unspecified atom stereocenters. The van der Waals surface area contributed by atoms with Crippen LogP contribution in [-0.2, 0) is 19.4 Å². The maximum absolute atomic E-state index is 13.4. The Morgan fingerprint density at radius 2 is 1.91 bits per heavy atom. The largest absolute Gasteiger partial charge is 0.341 e. The molecular weight excluding hydrogens is 465 g/mol. The van der Waals surface area contributed by atoms with Gasteiger partial charge in [-0.05, 0) is 42.3 Å². The van der Waals surface area contributed by atoms with E-state index in [0.717, 1.165) is 17.3 Å². The van der Waals surface area contributed by atoms with Crippen LogP contribution < -0.4 is 4.90 Å². The minimum Gasteiger partial charge on any atom is -0.341 e. The Hall–Kier alpha value is -2.98. The molecule has 172 valence electrons. The van der Waals surface area contributed by atoms with Crippen LogP contribution in [0.2, 0.25) is 0 Å². The Balaban J connectivity index is 1.55. The summed E-state index contributed by atoms with van der Waals surface area (Å²) in [6.07, 6.45) is 2.07. The zero-order valence-electron chi connectivity index (χ0n) is 17.8. The van der Waals surface area contributed by atoms with Gasteiger partial charge < -0.3 is 4.90 Å². The highest BCUT2D eigenvalue weighted by Crippen LogP contribution is 2.30. The summed E-state index contributed by atoms with van der Waals surface area (Å²) in [6.45, 7) is 0. The number of rotatable bonds is 5. The minimum atomic E-state index is -3.11. The van der Waals surface area contributed by atoms with E-state index in [1.165, 1.54) is 34.1 Å². The van der Waals surface area contributed by atoms with Crippen molar-refractivity contribution in [3.63, 3.8) is 0 Å². The predicted octanol–water partition coefficient (Wildman–Crippen LogP) is 2.95. The lowest BCUT2D eigenvalue weighted by molar-refractivity contribution is -0.128. The third-order valence-electron chi connectivity index (χ3n) is 5.49. The third kappa shape index (κ3) is 5.33. The monoisotopic (exact) mass is 487 g/mol. The fourth-order valence-electron chi connectivity index (χ4n) is 3.63. The van der Waals surface area contributed by atoms with E-state index in [9.17, 15) is 22.4 Å². The predicted molar refractivity (Wildman–Crippen MR) is 128 cm³/mol. The number of anilines is 1. The number of aliphatic imine (C=N–C) groups is 1. The van der Waals surface area contributed by atoms with E-state index in [-0.39, 0.29) is 40.8 Å². The number of hydrogen-bond donors (Lipinski definition) is 0. The molecule has 0 aromatic heterocycles. The van der Waals surface area contributed by atoms with Crippen molar-refractivity contribution in [1.29, 1.82) is 0 Å². The van der Waals surface area contributed by atoms with E-state index in [0.29, 0.717) is 17.3 Å². The number of hydrogen-bond acceptors (Lipinski definition) is 6. The van der Waals surface area contributed by atoms with Gasteiger partial charge in [0.15, 0.2) is 15.0 Å². The topological polar surface area (TPSA) is 87.1 Å². The van der Waals surface area contributed by atoms with Crippen LogP contribution >= 0.6 is 11.8 Å². The zero-order chi connectivity index (χ0) is 23.6. The summed E-state index contributed by atoms with van der Waals surface area (Å²) < 4.78 is 36.9. The molecule has 0 aliphatic carbocycles. The highest BCUT2D eigenvalue weighted by atomic mass is 32.2. The van der Waals surface area contributed by atoms with Crippen LogP contribution in [0.1, 0.15) is 12.0 Å². The van der Waals surface area contributed by atoms with Gasteiger partial charge in [0.25, 0.3) is 5.91 Å². The molecule has 0 bridgehead atoms. The Morgan fingerprint density at radius 1 is 1.21 bits per heavy atom. The molecular formula is C23H22FN3O4S2. The molecule has 1 atom stereocenters. The summed E-state index contributed by atoms with van der Waals surface area (Å²) in [6, 6.07) is 14.4. The van der Waals surface area contributed by atoms with Crippen molar-refractivity contribution in [2.24, 2.45) is 4.99 Å². The average molecular weight is 488 g/mol. The van der Waals surface area contributed by atoms with E-state index in [1.54, 1.807) is 13.1 Å². The molecule has 2 aliphatic heterocycles. The lowest BCUT2D eigenvalue weighted by Crippen LogP contribution is -2.39. The van der Waals surface area contributed by atoms with Crippen LogP contribution in [-0.4, -0.2) is 60.6 Å². The first-order chi connectivity index (χ1) is 15.7. The average Bonchev–Trinajstić information content (AvgIpc) is 3.31. The summed E-state index contributed by atoms with van der Waals surface area (Å²) in [4.78, 5) is 33.1. The maximum atomic E-state index is 13.4. The number of sulfone groups is 1. The highest BCUT2D eigenvalue weighted by Gasteiger charge is 2.35. The number of carbonyl (C=O) groups is 2. The summed E-state index contributed by atoms with van der Waals surface area (Å²) in [5, 5.41) is 0.301. The number of nitrogens with zero attached hydrogens (tertiary/aromatic N) is 3. The summed E-state index contributed by atoms with van der Waals surface area (Å²) >= 11 is 1.08. The van der Waals surface area contributed by atoms with E-state index in [4.69, 9.17) is 0 Å². The molecule has 0 radical (unpaired) electrons. The first-order valence-corrected chi connectivity index (χ1v) is 13.1. The van der Waals surface area contributed by atoms with E-state index < -0.39 is 15.7 Å². The molecule has 1 saturated heterocycles. The number of carbonyl (C=O) groups excluding carboxylic acids is 2. The van der Waals surface area contributed by atoms with Crippen molar-refractivity contribution >= 4 is 50.3 Å². The third-order valence-corrected chi connectivity index (χ3v) is 8.17. The molecule has 10 heteroatoms. The Labute approximate surface area is 195 Å². The van der Waals surface area contributed by atoms with Crippen molar-refractivity contribution < 1.29 is 22.4 Å². The molecule has 7 nitrogen and oxygen atoms in total. The molecule has 2 aromatic rings. The van der Waals surface area contributed by atoms with E-state index in [2.05, 4.69) is 4.99 Å². The molecule has 2 aliphatic rings. The summed E-state index contributed by atoms with van der Waals surface area (Å²) in [5.74, 6) is -1.04. The van der Waals surface area contributed by atoms with Crippen molar-refractivity contribution in [3.05, 3.63) is 71.7 Å². The van der Waals surface area contributed by atoms with Crippen LogP contribution in [0.5, 0.6) is 0 Å². The van der Waals surface area contributed by atoms with Crippen molar-refractivity contribution in [1.82, 2.24) is 4.90 Å². The van der Waals surface area contributed by atoms with E-state index in [1.807, 2.05) is 30.3 Å². The van der Waals surface area contributed by atoms with Gasteiger partial charge in [-0.3, -0.25) is 14.5 Å². The fourth-order valence-corrected chi connectivity index (χ4v) is 6.34. The van der Waals surface area contributed by atoms with Gasteiger partial charge in [-0.15, -0.1) is 0 Å². The maximum Gasteiger partial charge on any atom is 0.283 e. The summed E-state index contributed by atoms with van der Waals surface area (Å²) in [7, 11) is -1.52. The van der Waals surface area contributed by atoms with Gasteiger partial charge in [0.2, 0.25) is 5.91 Å². The molecule has 2 heterocycles. The first kappa shape index (κ1) is 23.2. The molecule has 2 aromatic carbocycles. The number of halogens is 1. The number of thioether (sulfide) groups is 1. The molecule has 33 heavy (non-hydrogen) atoms. The van der Waals surface area contributed by atoms with Gasteiger partial charge in [-0.25, -0.2) is 17.8 Å². The lowest BCUT2D eigenvalue weighted by atomic mass is 10.2. The normalized spacial score (nSPS) is 20.8. The zero-order valence-corrected chi connectivity index (χ0v) is 19.5. The van der Waals surface area contributed by atoms with Gasteiger partial charge in [0.05, 0.1) is 22.9 Å². The summed E-state index contributed by atoms with van der Waals surface area (Å²) in [5.41, 5.74) is 1.44. The Morgan fingerprint density at radius 3 is 2.55 bits per heavy atom. The van der Waals surface area contributed by atoms with Gasteiger partial charge in [0.1, 0.15) is 11.5 Å². The van der Waals surface area contributed by atoms with Gasteiger partial charge in [-0.2, -0.15) is 0 Å². The molecule has 0 saturated carbocycles. The molecule has 2 amide bonds. The van der Waals surface area contributed by atoms with Crippen LogP contribution in [0, 0.1) is 5.82 Å². The number of benzene rings is 2. The van der Waals surface area contributed by atoms with Crippen molar-refractivity contribution in [3.8, 4) is 0 Å². The fraction of sp³-hybridized carbons (Fsp3) is 0.261. The second-order valence-electron chi connectivity index (χ2n) is 7.80. The Kier molecular flexibility index (Phi) is 6.66. The van der Waals surface area contributed by atoms with Gasteiger partial charge in [0, 0.05) is 13.1 Å². The molecule has 4 rings (SSSR count). The van der Waals surface area contributed by atoms with E-state index >= 15 is 0 Å². The lowest BCUT2D eigenvalue weighted by Gasteiger charge is -2.24. The van der Waals surface area contributed by atoms with Crippen LogP contribution in [0.4, 0.5) is 10.1 Å².